The van der Waals surface area contributed by atoms with Gasteiger partial charge < -0.3 is 9.32 Å². The van der Waals surface area contributed by atoms with E-state index < -0.39 is 12.1 Å². The molecule has 3 atom stereocenters. The fourth-order valence-corrected chi connectivity index (χ4v) is 4.64. The molecule has 0 spiro atoms. The molecule has 140 valence electrons. The van der Waals surface area contributed by atoms with Crippen LogP contribution in [-0.4, -0.2) is 33.9 Å². The number of nitroso groups, excluding NO2 is 1. The zero-order chi connectivity index (χ0) is 18.5. The van der Waals surface area contributed by atoms with Gasteiger partial charge in [0.25, 0.3) is 5.91 Å². The van der Waals surface area contributed by atoms with Crippen molar-refractivity contribution in [3.05, 3.63) is 28.8 Å². The lowest BCUT2D eigenvalue weighted by Crippen LogP contribution is -2.28. The Balaban J connectivity index is 1.45. The topological polar surface area (TPSA) is 102 Å². The highest BCUT2D eigenvalue weighted by molar-refractivity contribution is 5.77. The van der Waals surface area contributed by atoms with Crippen LogP contribution in [0.4, 0.5) is 10.2 Å². The van der Waals surface area contributed by atoms with E-state index in [-0.39, 0.29) is 12.3 Å². The number of carbonyl (C=O) groups excluding carboxylic acids is 1. The van der Waals surface area contributed by atoms with Gasteiger partial charge in [-0.3, -0.25) is 4.79 Å². The predicted octanol–water partition coefficient (Wildman–Crippen LogP) is 2.84. The van der Waals surface area contributed by atoms with Crippen LogP contribution in [0.3, 0.4) is 0 Å². The van der Waals surface area contributed by atoms with Crippen LogP contribution in [0.5, 0.6) is 0 Å². The lowest BCUT2D eigenvalue weighted by molar-refractivity contribution is -0.118. The van der Waals surface area contributed by atoms with Crippen molar-refractivity contribution in [3.8, 4) is 11.6 Å². The third kappa shape index (κ3) is 2.72. The summed E-state index contributed by atoms with van der Waals surface area (Å²) in [5.74, 6) is 1.91. The molecule has 0 radical (unpaired) electrons. The summed E-state index contributed by atoms with van der Waals surface area (Å²) < 4.78 is 19.9. The first-order chi connectivity index (χ1) is 13.2. The molecule has 3 aliphatic rings. The van der Waals surface area contributed by atoms with E-state index >= 15 is 0 Å². The van der Waals surface area contributed by atoms with Crippen LogP contribution in [0, 0.1) is 22.7 Å². The van der Waals surface area contributed by atoms with Crippen molar-refractivity contribution in [2.24, 2.45) is 22.9 Å². The molecule has 0 aromatic carbocycles. The molecule has 9 heteroatoms. The van der Waals surface area contributed by atoms with Gasteiger partial charge in [-0.15, -0.1) is 4.91 Å². The van der Waals surface area contributed by atoms with Crippen molar-refractivity contribution < 1.29 is 13.6 Å². The highest BCUT2D eigenvalue weighted by atomic mass is 19.1. The van der Waals surface area contributed by atoms with Gasteiger partial charge in [-0.1, -0.05) is 0 Å². The number of oxazole rings is 1. The van der Waals surface area contributed by atoms with E-state index in [0.717, 1.165) is 37.3 Å². The summed E-state index contributed by atoms with van der Waals surface area (Å²) in [7, 11) is 0. The van der Waals surface area contributed by atoms with Gasteiger partial charge in [0.1, 0.15) is 12.0 Å². The van der Waals surface area contributed by atoms with Gasteiger partial charge in [-0.25, -0.2) is 19.3 Å². The predicted molar refractivity (Wildman–Crippen MR) is 92.4 cm³/mol. The van der Waals surface area contributed by atoms with Crippen molar-refractivity contribution >= 4 is 11.7 Å². The second-order valence-electron chi connectivity index (χ2n) is 7.55. The Hall–Kier alpha value is -2.71. The van der Waals surface area contributed by atoms with Gasteiger partial charge in [0, 0.05) is 30.3 Å². The molecule has 2 fully saturated rings. The van der Waals surface area contributed by atoms with Gasteiger partial charge >= 0.3 is 0 Å². The van der Waals surface area contributed by atoms with E-state index in [9.17, 15) is 14.1 Å². The van der Waals surface area contributed by atoms with Crippen molar-refractivity contribution in [3.63, 3.8) is 0 Å². The van der Waals surface area contributed by atoms with E-state index in [1.165, 1.54) is 12.6 Å². The normalized spacial score (nSPS) is 28.6. The molecule has 0 N–H and O–H groups in total. The van der Waals surface area contributed by atoms with Crippen LogP contribution in [0.1, 0.15) is 36.7 Å². The first kappa shape index (κ1) is 16.5. The highest BCUT2D eigenvalue weighted by Gasteiger charge is 2.56. The fourth-order valence-electron chi connectivity index (χ4n) is 4.64. The number of hydrogen-bond donors (Lipinski definition) is 0. The molecule has 1 amide bonds. The van der Waals surface area contributed by atoms with Crippen LogP contribution >= 0.6 is 0 Å². The van der Waals surface area contributed by atoms with Crippen LogP contribution in [0.25, 0.3) is 11.6 Å². The van der Waals surface area contributed by atoms with Crippen LogP contribution < -0.4 is 4.90 Å². The minimum Gasteiger partial charge on any atom is -0.440 e. The molecule has 27 heavy (non-hydrogen) atoms. The monoisotopic (exact) mass is 371 g/mol. The molecule has 2 aromatic rings. The molecule has 5 rings (SSSR count). The molecule has 1 aliphatic heterocycles. The Morgan fingerprint density at radius 3 is 2.85 bits per heavy atom. The number of nitrogens with zero attached hydrogens (tertiary/aromatic N) is 5. The number of halogens is 1. The molecule has 8 nitrogen and oxygen atoms in total. The van der Waals surface area contributed by atoms with Crippen LogP contribution in [0.2, 0.25) is 0 Å². The second-order valence-corrected chi connectivity index (χ2v) is 7.55. The Kier molecular flexibility index (Phi) is 3.76. The lowest BCUT2D eigenvalue weighted by atomic mass is 9.94. The number of amides is 1. The fraction of sp³-hybridized carbons (Fsp3) is 0.556. The summed E-state index contributed by atoms with van der Waals surface area (Å²) in [5, 5.41) is 2.50. The van der Waals surface area contributed by atoms with Gasteiger partial charge in [0.15, 0.2) is 18.0 Å². The molecular weight excluding hydrogens is 353 g/mol. The zero-order valence-corrected chi connectivity index (χ0v) is 14.5. The van der Waals surface area contributed by atoms with Gasteiger partial charge in [-0.05, 0) is 37.0 Å². The molecule has 2 aliphatic carbocycles. The van der Waals surface area contributed by atoms with E-state index in [1.54, 1.807) is 0 Å². The first-order valence-electron chi connectivity index (χ1n) is 9.20. The summed E-state index contributed by atoms with van der Waals surface area (Å²) in [4.78, 5) is 36.8. The number of piperidine rings is 1. The Morgan fingerprint density at radius 2 is 2.15 bits per heavy atom. The molecular formula is C18H18FN5O3. The quantitative estimate of drug-likeness (QED) is 0.762. The summed E-state index contributed by atoms with van der Waals surface area (Å²) in [6, 6.07) is 0. The summed E-state index contributed by atoms with van der Waals surface area (Å²) in [5.41, 5.74) is 1.33. The number of hydrogen-bond acceptors (Lipinski definition) is 7. The summed E-state index contributed by atoms with van der Waals surface area (Å²) >= 11 is 0. The SMILES string of the molecule is O=NC(=O)CC1C2CN(c3nc(-c4cnco4)nc4c3CCCC4F)CC12. The molecule has 3 heterocycles. The Morgan fingerprint density at radius 1 is 1.33 bits per heavy atom. The number of rotatable bonds is 4. The van der Waals surface area contributed by atoms with Crippen molar-refractivity contribution in [2.75, 3.05) is 18.0 Å². The maximum Gasteiger partial charge on any atom is 0.286 e. The average molecular weight is 371 g/mol. The standard InChI is InChI=1S/C18H18FN5O3/c19-13-3-1-2-9-16(13)21-17(14-5-20-8-27-14)22-18(9)24-6-11-10(12(11)7-24)4-15(25)23-26/h5,8,10-13H,1-4,6-7H2. The summed E-state index contributed by atoms with van der Waals surface area (Å²) in [6.07, 6.45) is 3.95. The van der Waals surface area contributed by atoms with Crippen LogP contribution in [-0.2, 0) is 11.2 Å². The van der Waals surface area contributed by atoms with E-state index in [1.807, 2.05) is 0 Å². The zero-order valence-electron chi connectivity index (χ0n) is 14.5. The number of aromatic nitrogens is 3. The number of carbonyl (C=O) groups is 1. The van der Waals surface area contributed by atoms with E-state index in [0.29, 0.717) is 35.5 Å². The van der Waals surface area contributed by atoms with E-state index in [4.69, 9.17) is 4.42 Å². The molecule has 0 bridgehead atoms. The van der Waals surface area contributed by atoms with Crippen molar-refractivity contribution in [1.82, 2.24) is 15.0 Å². The smallest absolute Gasteiger partial charge is 0.286 e. The maximum absolute atomic E-state index is 14.6. The molecule has 2 aromatic heterocycles. The Bertz CT molecular complexity index is 891. The van der Waals surface area contributed by atoms with Crippen molar-refractivity contribution in [2.45, 2.75) is 31.9 Å². The molecule has 3 unspecified atom stereocenters. The maximum atomic E-state index is 14.6. The number of alkyl halides is 1. The molecule has 1 saturated heterocycles. The van der Waals surface area contributed by atoms with Gasteiger partial charge in [-0.2, -0.15) is 0 Å². The largest absolute Gasteiger partial charge is 0.440 e. The van der Waals surface area contributed by atoms with Gasteiger partial charge in [0.2, 0.25) is 0 Å². The van der Waals surface area contributed by atoms with Gasteiger partial charge in [0.05, 0.1) is 11.9 Å². The number of anilines is 1. The minimum atomic E-state index is -1.10. The van der Waals surface area contributed by atoms with Crippen LogP contribution in [0.15, 0.2) is 22.2 Å². The lowest BCUT2D eigenvalue weighted by Gasteiger charge is -2.28. The Labute approximate surface area is 154 Å². The first-order valence-corrected chi connectivity index (χ1v) is 9.20. The average Bonchev–Trinajstić information content (AvgIpc) is 3.11. The highest BCUT2D eigenvalue weighted by Crippen LogP contribution is 2.55. The third-order valence-electron chi connectivity index (χ3n) is 6.03. The number of fused-ring (bicyclic) bond motifs is 2. The third-order valence-corrected chi connectivity index (χ3v) is 6.03. The minimum absolute atomic E-state index is 0.227. The second kappa shape index (κ2) is 6.17. The van der Waals surface area contributed by atoms with E-state index in [2.05, 4.69) is 25.0 Å². The van der Waals surface area contributed by atoms with Crippen molar-refractivity contribution in [1.29, 1.82) is 0 Å². The summed E-state index contributed by atoms with van der Waals surface area (Å²) in [6.45, 7) is 1.50. The molecule has 1 saturated carbocycles.